The maximum Gasteiger partial charge on any atom is 0.119 e. The van der Waals surface area contributed by atoms with Gasteiger partial charge in [0.2, 0.25) is 0 Å². The number of nitrogens with zero attached hydrogens (tertiary/aromatic N) is 2. The third kappa shape index (κ3) is 3.84. The minimum absolute atomic E-state index is 0.734. The second-order valence-electron chi connectivity index (χ2n) is 5.25. The van der Waals surface area contributed by atoms with Crippen molar-refractivity contribution in [2.75, 3.05) is 6.61 Å². The molecule has 0 unspecified atom stereocenters. The van der Waals surface area contributed by atoms with Gasteiger partial charge in [0.25, 0.3) is 0 Å². The number of aromatic nitrogens is 2. The highest BCUT2D eigenvalue weighted by atomic mass is 16.5. The number of ether oxygens (including phenoxy) is 1. The number of imidazole rings is 1. The first-order valence-electron chi connectivity index (χ1n) is 7.32. The highest BCUT2D eigenvalue weighted by Gasteiger charge is 2.20. The second kappa shape index (κ2) is 6.57. The standard InChI is InChI=1S/C16H21N3O/c1-2-5-16(6-3-1)20-10-4-9-19-13-17-11-15(19)12-18-14-7-8-14/h1-3,5-6,11,13-14,18H,4,7-10,12H2. The van der Waals surface area contributed by atoms with Gasteiger partial charge in [-0.15, -0.1) is 0 Å². The van der Waals surface area contributed by atoms with Crippen LogP contribution >= 0.6 is 0 Å². The predicted octanol–water partition coefficient (Wildman–Crippen LogP) is 2.60. The van der Waals surface area contributed by atoms with Gasteiger partial charge in [-0.2, -0.15) is 0 Å². The van der Waals surface area contributed by atoms with E-state index in [1.165, 1.54) is 18.5 Å². The van der Waals surface area contributed by atoms with E-state index in [9.17, 15) is 0 Å². The molecule has 1 aromatic heterocycles. The fourth-order valence-corrected chi connectivity index (χ4v) is 2.17. The lowest BCUT2D eigenvalue weighted by atomic mass is 10.3. The van der Waals surface area contributed by atoms with Gasteiger partial charge in [-0.05, 0) is 31.4 Å². The topological polar surface area (TPSA) is 39.1 Å². The summed E-state index contributed by atoms with van der Waals surface area (Å²) in [6, 6.07) is 10.7. The van der Waals surface area contributed by atoms with Crippen LogP contribution in [0.5, 0.6) is 5.75 Å². The summed E-state index contributed by atoms with van der Waals surface area (Å²) in [5.74, 6) is 0.939. The van der Waals surface area contributed by atoms with E-state index in [0.717, 1.165) is 37.9 Å². The first-order valence-corrected chi connectivity index (χ1v) is 7.32. The molecule has 4 heteroatoms. The Bertz CT molecular complexity index is 520. The van der Waals surface area contributed by atoms with Gasteiger partial charge in [-0.25, -0.2) is 4.98 Å². The average molecular weight is 271 g/mol. The Morgan fingerprint density at radius 2 is 2.10 bits per heavy atom. The maximum absolute atomic E-state index is 5.70. The van der Waals surface area contributed by atoms with Crippen LogP contribution in [-0.4, -0.2) is 22.2 Å². The average Bonchev–Trinajstić information content (AvgIpc) is 3.21. The number of rotatable bonds is 8. The molecule has 0 spiro atoms. The largest absolute Gasteiger partial charge is 0.494 e. The normalized spacial score (nSPS) is 14.4. The van der Waals surface area contributed by atoms with Gasteiger partial charge in [-0.3, -0.25) is 0 Å². The van der Waals surface area contributed by atoms with Gasteiger partial charge in [0.05, 0.1) is 18.6 Å². The molecule has 0 atom stereocenters. The Morgan fingerprint density at radius 3 is 2.90 bits per heavy atom. The van der Waals surface area contributed by atoms with Crippen molar-refractivity contribution >= 4 is 0 Å². The quantitative estimate of drug-likeness (QED) is 0.750. The lowest BCUT2D eigenvalue weighted by Crippen LogP contribution is -2.18. The summed E-state index contributed by atoms with van der Waals surface area (Å²) in [5.41, 5.74) is 1.26. The van der Waals surface area contributed by atoms with Gasteiger partial charge < -0.3 is 14.6 Å². The van der Waals surface area contributed by atoms with E-state index >= 15 is 0 Å². The fraction of sp³-hybridized carbons (Fsp3) is 0.438. The Kier molecular flexibility index (Phi) is 4.33. The lowest BCUT2D eigenvalue weighted by Gasteiger charge is -2.10. The summed E-state index contributed by atoms with van der Waals surface area (Å²) in [4.78, 5) is 4.24. The molecule has 1 saturated carbocycles. The minimum atomic E-state index is 0.734. The molecule has 4 nitrogen and oxygen atoms in total. The van der Waals surface area contributed by atoms with Gasteiger partial charge in [-0.1, -0.05) is 18.2 Å². The number of benzene rings is 1. The molecule has 1 aliphatic rings. The van der Waals surface area contributed by atoms with Crippen molar-refractivity contribution in [3.05, 3.63) is 48.5 Å². The van der Waals surface area contributed by atoms with E-state index in [4.69, 9.17) is 4.74 Å². The summed E-state index contributed by atoms with van der Waals surface area (Å²) in [6.45, 7) is 2.61. The third-order valence-electron chi connectivity index (χ3n) is 3.50. The van der Waals surface area contributed by atoms with Crippen molar-refractivity contribution in [3.63, 3.8) is 0 Å². The summed E-state index contributed by atoms with van der Waals surface area (Å²) in [7, 11) is 0. The maximum atomic E-state index is 5.70. The molecule has 1 N–H and O–H groups in total. The molecular formula is C16H21N3O. The fourth-order valence-electron chi connectivity index (χ4n) is 2.17. The molecule has 2 aromatic rings. The van der Waals surface area contributed by atoms with Crippen molar-refractivity contribution < 1.29 is 4.74 Å². The highest BCUT2D eigenvalue weighted by molar-refractivity contribution is 5.20. The summed E-state index contributed by atoms with van der Waals surface area (Å²) in [6.07, 6.45) is 7.49. The Morgan fingerprint density at radius 1 is 1.25 bits per heavy atom. The third-order valence-corrected chi connectivity index (χ3v) is 3.50. The Balaban J connectivity index is 1.40. The van der Waals surface area contributed by atoms with Crippen molar-refractivity contribution in [2.24, 2.45) is 0 Å². The molecule has 1 aromatic carbocycles. The van der Waals surface area contributed by atoms with Gasteiger partial charge in [0.15, 0.2) is 0 Å². The predicted molar refractivity (Wildman–Crippen MR) is 78.6 cm³/mol. The number of hydrogen-bond acceptors (Lipinski definition) is 3. The van der Waals surface area contributed by atoms with Crippen molar-refractivity contribution in [1.29, 1.82) is 0 Å². The first kappa shape index (κ1) is 13.2. The van der Waals surface area contributed by atoms with Crippen LogP contribution in [0.25, 0.3) is 0 Å². The summed E-state index contributed by atoms with van der Waals surface area (Å²) >= 11 is 0. The molecule has 0 saturated heterocycles. The molecule has 1 aliphatic carbocycles. The second-order valence-corrected chi connectivity index (χ2v) is 5.25. The zero-order valence-corrected chi connectivity index (χ0v) is 11.7. The minimum Gasteiger partial charge on any atom is -0.494 e. The number of nitrogens with one attached hydrogen (secondary N) is 1. The van der Waals surface area contributed by atoms with Crippen LogP contribution < -0.4 is 10.1 Å². The zero-order valence-electron chi connectivity index (χ0n) is 11.7. The molecule has 0 aliphatic heterocycles. The van der Waals surface area contributed by atoms with Crippen LogP contribution in [0.15, 0.2) is 42.9 Å². The number of hydrogen-bond donors (Lipinski definition) is 1. The van der Waals surface area contributed by atoms with Gasteiger partial charge in [0.1, 0.15) is 5.75 Å². The number of aryl methyl sites for hydroxylation is 1. The Labute approximate surface area is 119 Å². The van der Waals surface area contributed by atoms with E-state index in [0.29, 0.717) is 0 Å². The van der Waals surface area contributed by atoms with E-state index in [2.05, 4.69) is 14.9 Å². The van der Waals surface area contributed by atoms with Crippen molar-refractivity contribution in [3.8, 4) is 5.75 Å². The first-order chi connectivity index (χ1) is 9.92. The van der Waals surface area contributed by atoms with E-state index in [1.807, 2.05) is 42.9 Å². The molecule has 20 heavy (non-hydrogen) atoms. The van der Waals surface area contributed by atoms with Crippen LogP contribution in [0.1, 0.15) is 25.0 Å². The Hall–Kier alpha value is -1.81. The van der Waals surface area contributed by atoms with Crippen molar-refractivity contribution in [1.82, 2.24) is 14.9 Å². The van der Waals surface area contributed by atoms with Crippen LogP contribution in [-0.2, 0) is 13.1 Å². The van der Waals surface area contributed by atoms with Crippen molar-refractivity contribution in [2.45, 2.75) is 38.4 Å². The monoisotopic (exact) mass is 271 g/mol. The van der Waals surface area contributed by atoms with Gasteiger partial charge >= 0.3 is 0 Å². The molecule has 1 heterocycles. The lowest BCUT2D eigenvalue weighted by molar-refractivity contribution is 0.301. The molecule has 0 bridgehead atoms. The molecular weight excluding hydrogens is 250 g/mol. The van der Waals surface area contributed by atoms with E-state index in [1.54, 1.807) is 0 Å². The van der Waals surface area contributed by atoms with Crippen LogP contribution in [0.2, 0.25) is 0 Å². The molecule has 0 amide bonds. The van der Waals surface area contributed by atoms with Crippen LogP contribution in [0, 0.1) is 0 Å². The summed E-state index contributed by atoms with van der Waals surface area (Å²) < 4.78 is 7.92. The molecule has 0 radical (unpaired) electrons. The SMILES string of the molecule is c1ccc(OCCCn2cncc2CNC2CC2)cc1. The molecule has 3 rings (SSSR count). The van der Waals surface area contributed by atoms with Crippen LogP contribution in [0.4, 0.5) is 0 Å². The van der Waals surface area contributed by atoms with E-state index < -0.39 is 0 Å². The van der Waals surface area contributed by atoms with E-state index in [-0.39, 0.29) is 0 Å². The number of para-hydroxylation sites is 1. The summed E-state index contributed by atoms with van der Waals surface area (Å²) in [5, 5.41) is 3.52. The molecule has 106 valence electrons. The van der Waals surface area contributed by atoms with Gasteiger partial charge in [0, 0.05) is 25.3 Å². The van der Waals surface area contributed by atoms with Crippen LogP contribution in [0.3, 0.4) is 0 Å². The molecule has 1 fully saturated rings. The highest BCUT2D eigenvalue weighted by Crippen LogP contribution is 2.19. The smallest absolute Gasteiger partial charge is 0.119 e. The zero-order chi connectivity index (χ0) is 13.6.